The Bertz CT molecular complexity index is 237. The van der Waals surface area contributed by atoms with Crippen LogP contribution in [0.15, 0.2) is 0 Å². The van der Waals surface area contributed by atoms with Gasteiger partial charge in [-0.2, -0.15) is 0 Å². The van der Waals surface area contributed by atoms with Crippen LogP contribution in [0.3, 0.4) is 0 Å². The normalized spacial score (nSPS) is 27.2. The summed E-state index contributed by atoms with van der Waals surface area (Å²) < 4.78 is 0. The zero-order chi connectivity index (χ0) is 13.5. The molecular weight excluding hydrogens is 232 g/mol. The Balaban J connectivity index is 1.59. The van der Waals surface area contributed by atoms with Gasteiger partial charge in [0.25, 0.3) is 0 Å². The molecular formula is C17H34N2. The van der Waals surface area contributed by atoms with Crippen LogP contribution in [0.5, 0.6) is 0 Å². The van der Waals surface area contributed by atoms with Crippen LogP contribution in [0.25, 0.3) is 0 Å². The fourth-order valence-corrected chi connectivity index (χ4v) is 3.50. The molecule has 2 heteroatoms. The minimum absolute atomic E-state index is 0.793. The molecule has 0 radical (unpaired) electrons. The Hall–Kier alpha value is -0.0800. The van der Waals surface area contributed by atoms with Crippen LogP contribution < -0.4 is 5.32 Å². The van der Waals surface area contributed by atoms with Crippen molar-refractivity contribution in [3.8, 4) is 0 Å². The standard InChI is InChI=1S/C17H34N2/c1-3-6-16-8-5-13-19(14-11-16)15(2)7-4-12-18-17-9-10-17/h15-18H,3-14H2,1-2H3. The number of hydrogen-bond acceptors (Lipinski definition) is 2. The SMILES string of the molecule is CCCC1CCCN(C(C)CCCNC2CC2)CC1. The van der Waals surface area contributed by atoms with Gasteiger partial charge in [0.2, 0.25) is 0 Å². The molecule has 0 aromatic heterocycles. The van der Waals surface area contributed by atoms with Crippen molar-refractivity contribution >= 4 is 0 Å². The molecule has 2 fully saturated rings. The van der Waals surface area contributed by atoms with E-state index in [-0.39, 0.29) is 0 Å². The van der Waals surface area contributed by atoms with Crippen molar-refractivity contribution in [1.29, 1.82) is 0 Å². The number of nitrogens with one attached hydrogen (secondary N) is 1. The molecule has 1 saturated carbocycles. The summed E-state index contributed by atoms with van der Waals surface area (Å²) in [5, 5.41) is 3.63. The van der Waals surface area contributed by atoms with Crippen molar-refractivity contribution in [3.05, 3.63) is 0 Å². The van der Waals surface area contributed by atoms with Crippen LogP contribution in [-0.2, 0) is 0 Å². The van der Waals surface area contributed by atoms with Gasteiger partial charge in [0.15, 0.2) is 0 Å². The van der Waals surface area contributed by atoms with Gasteiger partial charge in [0.05, 0.1) is 0 Å². The Morgan fingerprint density at radius 1 is 1.16 bits per heavy atom. The van der Waals surface area contributed by atoms with Crippen molar-refractivity contribution in [1.82, 2.24) is 10.2 Å². The van der Waals surface area contributed by atoms with Crippen molar-refractivity contribution < 1.29 is 0 Å². The lowest BCUT2D eigenvalue weighted by atomic mass is 9.96. The predicted octanol–water partition coefficient (Wildman–Crippen LogP) is 3.81. The Kier molecular flexibility index (Phi) is 6.66. The van der Waals surface area contributed by atoms with Crippen LogP contribution in [-0.4, -0.2) is 36.6 Å². The summed E-state index contributed by atoms with van der Waals surface area (Å²) >= 11 is 0. The maximum atomic E-state index is 3.63. The van der Waals surface area contributed by atoms with E-state index in [0.717, 1.165) is 18.0 Å². The van der Waals surface area contributed by atoms with Gasteiger partial charge in [0.1, 0.15) is 0 Å². The summed E-state index contributed by atoms with van der Waals surface area (Å²) in [5.41, 5.74) is 0. The molecule has 0 aromatic rings. The maximum Gasteiger partial charge on any atom is 0.00682 e. The average Bonchev–Trinajstić information content (AvgIpc) is 3.22. The third-order valence-electron chi connectivity index (χ3n) is 5.01. The second-order valence-electron chi connectivity index (χ2n) is 6.84. The van der Waals surface area contributed by atoms with Crippen LogP contribution in [0.2, 0.25) is 0 Å². The Labute approximate surface area is 120 Å². The fraction of sp³-hybridized carbons (Fsp3) is 1.00. The molecule has 2 nitrogen and oxygen atoms in total. The lowest BCUT2D eigenvalue weighted by Crippen LogP contribution is -2.34. The van der Waals surface area contributed by atoms with Crippen LogP contribution >= 0.6 is 0 Å². The molecule has 0 spiro atoms. The smallest absolute Gasteiger partial charge is 0.00682 e. The summed E-state index contributed by atoms with van der Waals surface area (Å²) in [4.78, 5) is 2.76. The van der Waals surface area contributed by atoms with Gasteiger partial charge < -0.3 is 10.2 Å². The van der Waals surface area contributed by atoms with Crippen LogP contribution in [0, 0.1) is 5.92 Å². The van der Waals surface area contributed by atoms with E-state index < -0.39 is 0 Å². The van der Waals surface area contributed by atoms with E-state index in [4.69, 9.17) is 0 Å². The van der Waals surface area contributed by atoms with Gasteiger partial charge in [-0.3, -0.25) is 0 Å². The van der Waals surface area contributed by atoms with E-state index >= 15 is 0 Å². The molecule has 1 heterocycles. The van der Waals surface area contributed by atoms with Crippen molar-refractivity contribution in [3.63, 3.8) is 0 Å². The summed E-state index contributed by atoms with van der Waals surface area (Å²) in [6, 6.07) is 1.67. The molecule has 19 heavy (non-hydrogen) atoms. The second kappa shape index (κ2) is 8.26. The number of nitrogens with zero attached hydrogens (tertiary/aromatic N) is 1. The van der Waals surface area contributed by atoms with Crippen LogP contribution in [0.4, 0.5) is 0 Å². The van der Waals surface area contributed by atoms with Crippen molar-refractivity contribution in [2.24, 2.45) is 5.92 Å². The summed E-state index contributed by atoms with van der Waals surface area (Å²) in [6.07, 6.45) is 12.7. The van der Waals surface area contributed by atoms with Gasteiger partial charge >= 0.3 is 0 Å². The van der Waals surface area contributed by atoms with E-state index in [2.05, 4.69) is 24.1 Å². The molecule has 2 aliphatic rings. The maximum absolute atomic E-state index is 3.63. The first-order valence-corrected chi connectivity index (χ1v) is 8.77. The third kappa shape index (κ3) is 5.83. The highest BCUT2D eigenvalue weighted by molar-refractivity contribution is 4.81. The van der Waals surface area contributed by atoms with Crippen molar-refractivity contribution in [2.75, 3.05) is 19.6 Å². The summed E-state index contributed by atoms with van der Waals surface area (Å²) in [7, 11) is 0. The second-order valence-corrected chi connectivity index (χ2v) is 6.84. The van der Waals surface area contributed by atoms with Gasteiger partial charge in [-0.05, 0) is 77.4 Å². The van der Waals surface area contributed by atoms with Gasteiger partial charge in [-0.1, -0.05) is 19.8 Å². The first-order chi connectivity index (χ1) is 9.29. The molecule has 0 bridgehead atoms. The molecule has 0 aromatic carbocycles. The number of hydrogen-bond donors (Lipinski definition) is 1. The zero-order valence-electron chi connectivity index (χ0n) is 13.2. The van der Waals surface area contributed by atoms with E-state index in [0.29, 0.717) is 0 Å². The minimum Gasteiger partial charge on any atom is -0.314 e. The third-order valence-corrected chi connectivity index (χ3v) is 5.01. The van der Waals surface area contributed by atoms with E-state index in [1.54, 1.807) is 0 Å². The molecule has 1 N–H and O–H groups in total. The van der Waals surface area contributed by atoms with E-state index in [1.165, 1.54) is 77.4 Å². The van der Waals surface area contributed by atoms with Crippen molar-refractivity contribution in [2.45, 2.75) is 83.7 Å². The van der Waals surface area contributed by atoms with Gasteiger partial charge in [0, 0.05) is 12.1 Å². The highest BCUT2D eigenvalue weighted by atomic mass is 15.1. The first-order valence-electron chi connectivity index (χ1n) is 8.77. The monoisotopic (exact) mass is 266 g/mol. The van der Waals surface area contributed by atoms with E-state index in [1.807, 2.05) is 0 Å². The van der Waals surface area contributed by atoms with Crippen LogP contribution in [0.1, 0.15) is 71.6 Å². The molecule has 1 aliphatic carbocycles. The van der Waals surface area contributed by atoms with E-state index in [9.17, 15) is 0 Å². The van der Waals surface area contributed by atoms with Gasteiger partial charge in [-0.15, -0.1) is 0 Å². The summed E-state index contributed by atoms with van der Waals surface area (Å²) in [6.45, 7) is 8.70. The molecule has 2 rings (SSSR count). The lowest BCUT2D eigenvalue weighted by Gasteiger charge is -2.27. The number of rotatable bonds is 8. The molecule has 2 unspecified atom stereocenters. The quantitative estimate of drug-likeness (QED) is 0.672. The minimum atomic E-state index is 0.793. The summed E-state index contributed by atoms with van der Waals surface area (Å²) in [5.74, 6) is 1.01. The van der Waals surface area contributed by atoms with Gasteiger partial charge in [-0.25, -0.2) is 0 Å². The first kappa shape index (κ1) is 15.3. The average molecular weight is 266 g/mol. The zero-order valence-corrected chi connectivity index (χ0v) is 13.2. The predicted molar refractivity (Wildman–Crippen MR) is 83.5 cm³/mol. The highest BCUT2D eigenvalue weighted by Crippen LogP contribution is 2.24. The molecule has 1 saturated heterocycles. The molecule has 112 valence electrons. The molecule has 1 aliphatic heterocycles. The highest BCUT2D eigenvalue weighted by Gasteiger charge is 2.21. The lowest BCUT2D eigenvalue weighted by molar-refractivity contribution is 0.201. The number of likely N-dealkylation sites (tertiary alicyclic amines) is 1. The topological polar surface area (TPSA) is 15.3 Å². The Morgan fingerprint density at radius 2 is 2.00 bits per heavy atom. The largest absolute Gasteiger partial charge is 0.314 e. The molecule has 0 amide bonds. The Morgan fingerprint density at radius 3 is 2.74 bits per heavy atom. The molecule has 2 atom stereocenters. The fourth-order valence-electron chi connectivity index (χ4n) is 3.50.